The largest absolute Gasteiger partial charge is 0.495 e. The maximum atomic E-state index is 13.3. The summed E-state index contributed by atoms with van der Waals surface area (Å²) in [7, 11) is 1.30. The van der Waals surface area contributed by atoms with E-state index in [2.05, 4.69) is 22.1 Å². The van der Waals surface area contributed by atoms with Crippen LogP contribution in [0.5, 0.6) is 0 Å². The summed E-state index contributed by atoms with van der Waals surface area (Å²) in [4.78, 5) is 29.8. The number of anilines is 1. The van der Waals surface area contributed by atoms with Gasteiger partial charge in [-0.05, 0) is 78.9 Å². The van der Waals surface area contributed by atoms with E-state index in [1.165, 1.54) is 0 Å². The van der Waals surface area contributed by atoms with Gasteiger partial charge < -0.3 is 23.9 Å². The summed E-state index contributed by atoms with van der Waals surface area (Å²) in [6.07, 6.45) is 1.68. The first-order valence-corrected chi connectivity index (χ1v) is 13.1. The van der Waals surface area contributed by atoms with Crippen LogP contribution < -0.4 is 10.8 Å². The first kappa shape index (κ1) is 29.5. The van der Waals surface area contributed by atoms with Gasteiger partial charge in [0.1, 0.15) is 5.60 Å². The quantitative estimate of drug-likeness (QED) is 0.266. The van der Waals surface area contributed by atoms with E-state index in [1.54, 1.807) is 25.3 Å². The first-order chi connectivity index (χ1) is 17.6. The second-order valence-corrected chi connectivity index (χ2v) is 11.6. The Morgan fingerprint density at radius 2 is 1.79 bits per heavy atom. The van der Waals surface area contributed by atoms with Crippen LogP contribution in [0.25, 0.3) is 0 Å². The van der Waals surface area contributed by atoms with E-state index in [4.69, 9.17) is 14.0 Å². The van der Waals surface area contributed by atoms with E-state index in [1.807, 2.05) is 66.8 Å². The second-order valence-electron chi connectivity index (χ2n) is 11.6. The lowest BCUT2D eigenvalue weighted by molar-refractivity contribution is -0.147. The number of amides is 1. The third-order valence-corrected chi connectivity index (χ3v) is 7.04. The minimum Gasteiger partial charge on any atom is -0.450 e. The van der Waals surface area contributed by atoms with E-state index < -0.39 is 29.9 Å². The number of aromatic nitrogens is 2. The van der Waals surface area contributed by atoms with Gasteiger partial charge in [-0.15, -0.1) is 0 Å². The number of esters is 1. The molecule has 1 amide bonds. The molecule has 1 aliphatic heterocycles. The summed E-state index contributed by atoms with van der Waals surface area (Å²) in [5.74, 6) is 4.88. The number of ether oxygens (including phenoxy) is 1. The van der Waals surface area contributed by atoms with Crippen molar-refractivity contribution in [1.29, 1.82) is 0 Å². The number of hydrogen-bond donors (Lipinski definition) is 1. The van der Waals surface area contributed by atoms with Crippen molar-refractivity contribution in [2.75, 3.05) is 5.32 Å². The molecular formula is C29H40BN3O5. The van der Waals surface area contributed by atoms with Crippen LogP contribution in [0.15, 0.2) is 18.2 Å². The van der Waals surface area contributed by atoms with Crippen molar-refractivity contribution in [3.63, 3.8) is 0 Å². The summed E-state index contributed by atoms with van der Waals surface area (Å²) in [5.41, 5.74) is 2.68. The van der Waals surface area contributed by atoms with Gasteiger partial charge in [0.25, 0.3) is 5.91 Å². The van der Waals surface area contributed by atoms with Crippen molar-refractivity contribution in [2.45, 2.75) is 98.4 Å². The molecule has 3 rings (SSSR count). The van der Waals surface area contributed by atoms with Gasteiger partial charge in [0.2, 0.25) is 0 Å². The zero-order valence-corrected chi connectivity index (χ0v) is 24.4. The van der Waals surface area contributed by atoms with E-state index in [-0.39, 0.29) is 5.91 Å². The van der Waals surface area contributed by atoms with E-state index in [0.717, 1.165) is 22.4 Å². The molecule has 1 fully saturated rings. The number of aryl methyl sites for hydroxylation is 1. The summed E-state index contributed by atoms with van der Waals surface area (Å²) < 4.78 is 19.5. The lowest BCUT2D eigenvalue weighted by atomic mass is 9.76. The number of rotatable bonds is 6. The molecule has 1 aromatic heterocycles. The fourth-order valence-electron chi connectivity index (χ4n) is 4.20. The highest BCUT2D eigenvalue weighted by molar-refractivity contribution is 6.62. The SMILES string of the molecule is CCc1nc(C(=O)Nc2cccc(B3OC(C)(C)C(C)(C)O3)c2C)n(C)c1CCC#CC(=O)OC(C)(C)C. The average molecular weight is 521 g/mol. The van der Waals surface area contributed by atoms with Gasteiger partial charge in [-0.2, -0.15) is 0 Å². The summed E-state index contributed by atoms with van der Waals surface area (Å²) in [6.45, 7) is 17.4. The van der Waals surface area contributed by atoms with Crippen LogP contribution in [-0.4, -0.2) is 45.3 Å². The Bertz CT molecular complexity index is 1260. The standard InChI is InChI=1S/C29H40BN3O5/c1-11-21-23(17-12-13-18-24(34)36-27(3,4)5)33(10)25(31-21)26(35)32-22-16-14-15-20(19(22)2)30-37-28(6,7)29(8,9)38-30/h14-16H,11-12,17H2,1-10H3,(H,32,35). The molecule has 0 atom stereocenters. The van der Waals surface area contributed by atoms with Crippen molar-refractivity contribution in [1.82, 2.24) is 9.55 Å². The fraction of sp³-hybridized carbons (Fsp3) is 0.552. The molecule has 1 saturated heterocycles. The molecule has 0 radical (unpaired) electrons. The van der Waals surface area contributed by atoms with Crippen LogP contribution in [0.3, 0.4) is 0 Å². The lowest BCUT2D eigenvalue weighted by Crippen LogP contribution is -2.41. The highest BCUT2D eigenvalue weighted by atomic mass is 16.7. The molecule has 2 aromatic rings. The molecule has 0 aliphatic carbocycles. The van der Waals surface area contributed by atoms with E-state index >= 15 is 0 Å². The number of imidazole rings is 1. The Morgan fingerprint density at radius 3 is 2.37 bits per heavy atom. The molecule has 1 aliphatic rings. The maximum absolute atomic E-state index is 13.3. The van der Waals surface area contributed by atoms with Crippen LogP contribution in [-0.2, 0) is 38.7 Å². The average Bonchev–Trinajstić information content (AvgIpc) is 3.22. The minimum atomic E-state index is -0.576. The number of nitrogens with one attached hydrogen (secondary N) is 1. The molecule has 0 spiro atoms. The topological polar surface area (TPSA) is 91.7 Å². The van der Waals surface area contributed by atoms with Gasteiger partial charge in [0, 0.05) is 37.2 Å². The van der Waals surface area contributed by atoms with Crippen LogP contribution in [0.4, 0.5) is 5.69 Å². The molecule has 38 heavy (non-hydrogen) atoms. The predicted octanol–water partition coefficient (Wildman–Crippen LogP) is 4.12. The third-order valence-electron chi connectivity index (χ3n) is 7.04. The fourth-order valence-corrected chi connectivity index (χ4v) is 4.20. The molecule has 8 nitrogen and oxygen atoms in total. The third kappa shape index (κ3) is 6.48. The first-order valence-electron chi connectivity index (χ1n) is 13.1. The van der Waals surface area contributed by atoms with Crippen LogP contribution in [0.1, 0.15) is 89.4 Å². The van der Waals surface area contributed by atoms with Crippen molar-refractivity contribution in [3.05, 3.63) is 41.0 Å². The zero-order valence-electron chi connectivity index (χ0n) is 24.4. The maximum Gasteiger partial charge on any atom is 0.495 e. The molecule has 2 heterocycles. The van der Waals surface area contributed by atoms with Crippen LogP contribution in [0, 0.1) is 18.8 Å². The summed E-state index contributed by atoms with van der Waals surface area (Å²) in [6, 6.07) is 5.70. The molecule has 1 aromatic carbocycles. The smallest absolute Gasteiger partial charge is 0.450 e. The molecule has 204 valence electrons. The molecule has 0 saturated carbocycles. The van der Waals surface area contributed by atoms with Crippen molar-refractivity contribution in [3.8, 4) is 11.8 Å². The Morgan fingerprint density at radius 1 is 1.16 bits per heavy atom. The molecular weight excluding hydrogens is 481 g/mol. The van der Waals surface area contributed by atoms with Crippen molar-refractivity contribution in [2.24, 2.45) is 7.05 Å². The van der Waals surface area contributed by atoms with Crippen molar-refractivity contribution >= 4 is 30.1 Å². The Hall–Kier alpha value is -3.09. The predicted molar refractivity (Wildman–Crippen MR) is 149 cm³/mol. The van der Waals surface area contributed by atoms with Gasteiger partial charge >= 0.3 is 13.1 Å². The summed E-state index contributed by atoms with van der Waals surface area (Å²) in [5, 5.41) is 3.02. The number of hydrogen-bond acceptors (Lipinski definition) is 6. The monoisotopic (exact) mass is 521 g/mol. The lowest BCUT2D eigenvalue weighted by Gasteiger charge is -2.32. The number of nitrogens with zero attached hydrogens (tertiary/aromatic N) is 2. The van der Waals surface area contributed by atoms with Gasteiger partial charge in [0.05, 0.1) is 16.9 Å². The molecule has 9 heteroatoms. The molecule has 1 N–H and O–H groups in total. The van der Waals surface area contributed by atoms with Crippen LogP contribution >= 0.6 is 0 Å². The van der Waals surface area contributed by atoms with Gasteiger partial charge in [-0.1, -0.05) is 25.0 Å². The van der Waals surface area contributed by atoms with Gasteiger partial charge in [0.15, 0.2) is 5.82 Å². The highest BCUT2D eigenvalue weighted by Gasteiger charge is 2.52. The number of carbonyl (C=O) groups excluding carboxylic acids is 2. The Kier molecular flexibility index (Phi) is 8.50. The second kappa shape index (κ2) is 11.0. The Balaban J connectivity index is 1.76. The highest BCUT2D eigenvalue weighted by Crippen LogP contribution is 2.37. The normalized spacial score (nSPS) is 16.1. The van der Waals surface area contributed by atoms with Crippen molar-refractivity contribution < 1.29 is 23.6 Å². The molecule has 0 unspecified atom stereocenters. The minimum absolute atomic E-state index is 0.303. The zero-order chi connectivity index (χ0) is 28.5. The van der Waals surface area contributed by atoms with Gasteiger partial charge in [-0.3, -0.25) is 4.79 Å². The van der Waals surface area contributed by atoms with E-state index in [0.29, 0.717) is 30.8 Å². The Labute approximate surface area is 227 Å². The summed E-state index contributed by atoms with van der Waals surface area (Å²) >= 11 is 0. The van der Waals surface area contributed by atoms with E-state index in [9.17, 15) is 9.59 Å². The molecule has 0 bridgehead atoms. The number of benzene rings is 1. The van der Waals surface area contributed by atoms with Gasteiger partial charge in [-0.25, -0.2) is 9.78 Å². The number of carbonyl (C=O) groups is 2. The van der Waals surface area contributed by atoms with Crippen LogP contribution in [0.2, 0.25) is 0 Å².